The molecule has 0 N–H and O–H groups in total. The lowest BCUT2D eigenvalue weighted by Crippen LogP contribution is -2.52. The van der Waals surface area contributed by atoms with Crippen molar-refractivity contribution in [1.29, 1.82) is 0 Å². The molecule has 3 aliphatic rings. The summed E-state index contributed by atoms with van der Waals surface area (Å²) in [6.07, 6.45) is 5.35. The standard InChI is InChI=1S/C11H15NO2/c13-9-4-1-3-8-7-10(14)12-6-2-5-11(8,9)12/h8H,1-7H2. The average Bonchev–Trinajstić information content (AvgIpc) is 2.67. The molecule has 14 heavy (non-hydrogen) atoms. The van der Waals surface area contributed by atoms with E-state index in [1.54, 1.807) is 0 Å². The number of carbonyl (C=O) groups is 2. The molecule has 1 aliphatic carbocycles. The Morgan fingerprint density at radius 2 is 2.14 bits per heavy atom. The van der Waals surface area contributed by atoms with Crippen LogP contribution >= 0.6 is 0 Å². The Balaban J connectivity index is 2.07. The van der Waals surface area contributed by atoms with Crippen LogP contribution in [0.15, 0.2) is 0 Å². The molecule has 2 atom stereocenters. The van der Waals surface area contributed by atoms with Crippen LogP contribution in [0.25, 0.3) is 0 Å². The number of rotatable bonds is 0. The van der Waals surface area contributed by atoms with Gasteiger partial charge in [-0.25, -0.2) is 0 Å². The van der Waals surface area contributed by atoms with Crippen LogP contribution in [-0.2, 0) is 9.59 Å². The van der Waals surface area contributed by atoms with E-state index in [1.807, 2.05) is 4.90 Å². The van der Waals surface area contributed by atoms with Crippen molar-refractivity contribution in [2.45, 2.75) is 44.1 Å². The van der Waals surface area contributed by atoms with Gasteiger partial charge in [-0.2, -0.15) is 0 Å². The molecule has 2 heterocycles. The summed E-state index contributed by atoms with van der Waals surface area (Å²) in [6.45, 7) is 0.821. The van der Waals surface area contributed by atoms with E-state index >= 15 is 0 Å². The van der Waals surface area contributed by atoms with Gasteiger partial charge in [0.2, 0.25) is 5.91 Å². The van der Waals surface area contributed by atoms with Crippen molar-refractivity contribution in [3.05, 3.63) is 0 Å². The molecule has 3 nitrogen and oxygen atoms in total. The van der Waals surface area contributed by atoms with Gasteiger partial charge in [-0.05, 0) is 31.6 Å². The summed E-state index contributed by atoms with van der Waals surface area (Å²) < 4.78 is 0. The molecule has 0 aromatic heterocycles. The molecule has 0 bridgehead atoms. The summed E-state index contributed by atoms with van der Waals surface area (Å²) in [5.74, 6) is 0.915. The second-order valence-corrected chi connectivity index (χ2v) is 4.79. The molecule has 3 fully saturated rings. The van der Waals surface area contributed by atoms with E-state index in [2.05, 4.69) is 0 Å². The minimum absolute atomic E-state index is 0.225. The van der Waals surface area contributed by atoms with E-state index in [4.69, 9.17) is 0 Å². The van der Waals surface area contributed by atoms with Gasteiger partial charge < -0.3 is 4.90 Å². The third-order valence-electron chi connectivity index (χ3n) is 4.26. The van der Waals surface area contributed by atoms with E-state index in [0.29, 0.717) is 24.5 Å². The number of ketones is 1. The SMILES string of the molecule is O=C1CC2CCCC(=O)C23CCCN13. The van der Waals surface area contributed by atoms with Gasteiger partial charge in [0.25, 0.3) is 0 Å². The minimum atomic E-state index is -0.324. The molecule has 3 heteroatoms. The number of amides is 1. The first-order chi connectivity index (χ1) is 6.75. The Bertz CT molecular complexity index is 312. The highest BCUT2D eigenvalue weighted by atomic mass is 16.2. The van der Waals surface area contributed by atoms with Crippen LogP contribution in [0.4, 0.5) is 0 Å². The van der Waals surface area contributed by atoms with Crippen LogP contribution in [0.5, 0.6) is 0 Å². The van der Waals surface area contributed by atoms with Crippen molar-refractivity contribution in [3.63, 3.8) is 0 Å². The molecule has 2 saturated heterocycles. The fourth-order valence-electron chi connectivity index (χ4n) is 3.69. The zero-order chi connectivity index (χ0) is 9.76. The largest absolute Gasteiger partial charge is 0.330 e. The van der Waals surface area contributed by atoms with Crippen LogP contribution in [0, 0.1) is 5.92 Å². The van der Waals surface area contributed by atoms with E-state index in [-0.39, 0.29) is 11.4 Å². The molecule has 1 amide bonds. The molecule has 1 saturated carbocycles. The van der Waals surface area contributed by atoms with Gasteiger partial charge >= 0.3 is 0 Å². The van der Waals surface area contributed by atoms with Crippen molar-refractivity contribution in [2.75, 3.05) is 6.54 Å². The number of nitrogens with zero attached hydrogens (tertiary/aromatic N) is 1. The summed E-state index contributed by atoms with van der Waals surface area (Å²) in [7, 11) is 0. The van der Waals surface area contributed by atoms with Gasteiger partial charge in [0.05, 0.1) is 0 Å². The maximum atomic E-state index is 12.0. The highest BCUT2D eigenvalue weighted by molar-refractivity contribution is 5.97. The van der Waals surface area contributed by atoms with Crippen molar-refractivity contribution >= 4 is 11.7 Å². The highest BCUT2D eigenvalue weighted by Crippen LogP contribution is 2.49. The van der Waals surface area contributed by atoms with Gasteiger partial charge in [0.1, 0.15) is 5.54 Å². The summed E-state index contributed by atoms with van der Waals surface area (Å²) in [4.78, 5) is 25.7. The minimum Gasteiger partial charge on any atom is -0.330 e. The quantitative estimate of drug-likeness (QED) is 0.578. The smallest absolute Gasteiger partial charge is 0.223 e. The molecule has 0 aromatic carbocycles. The molecule has 0 aromatic rings. The third-order valence-corrected chi connectivity index (χ3v) is 4.26. The number of hydrogen-bond acceptors (Lipinski definition) is 2. The number of Topliss-reactive ketones (excluding diaryl/α,β-unsaturated/α-hetero) is 1. The summed E-state index contributed by atoms with van der Waals surface area (Å²) in [5, 5.41) is 0. The van der Waals surface area contributed by atoms with E-state index in [0.717, 1.165) is 32.2 Å². The Labute approximate surface area is 83.5 Å². The van der Waals surface area contributed by atoms with Gasteiger partial charge in [-0.3, -0.25) is 9.59 Å². The van der Waals surface area contributed by atoms with Gasteiger partial charge in [0, 0.05) is 19.4 Å². The molecular formula is C11H15NO2. The third kappa shape index (κ3) is 0.787. The molecule has 3 rings (SSSR count). The normalized spacial score (nSPS) is 41.4. The molecule has 76 valence electrons. The van der Waals surface area contributed by atoms with Crippen LogP contribution in [0.2, 0.25) is 0 Å². The fourth-order valence-corrected chi connectivity index (χ4v) is 3.69. The Kier molecular flexibility index (Phi) is 1.56. The van der Waals surface area contributed by atoms with Gasteiger partial charge in [-0.15, -0.1) is 0 Å². The van der Waals surface area contributed by atoms with Crippen LogP contribution in [-0.4, -0.2) is 28.7 Å². The fraction of sp³-hybridized carbons (Fsp3) is 0.818. The molecule has 1 spiro atoms. The van der Waals surface area contributed by atoms with Crippen molar-refractivity contribution in [2.24, 2.45) is 5.92 Å². The van der Waals surface area contributed by atoms with Crippen molar-refractivity contribution < 1.29 is 9.59 Å². The molecule has 2 aliphatic heterocycles. The molecule has 2 unspecified atom stereocenters. The summed E-state index contributed by atoms with van der Waals surface area (Å²) in [6, 6.07) is 0. The van der Waals surface area contributed by atoms with Crippen molar-refractivity contribution in [1.82, 2.24) is 4.90 Å². The maximum absolute atomic E-state index is 12.0. The summed E-state index contributed by atoms with van der Waals surface area (Å²) in [5.41, 5.74) is -0.324. The second-order valence-electron chi connectivity index (χ2n) is 4.79. The van der Waals surface area contributed by atoms with Crippen molar-refractivity contribution in [3.8, 4) is 0 Å². The number of carbonyl (C=O) groups excluding carboxylic acids is 2. The van der Waals surface area contributed by atoms with Crippen LogP contribution < -0.4 is 0 Å². The first-order valence-electron chi connectivity index (χ1n) is 5.59. The number of hydrogen-bond donors (Lipinski definition) is 0. The van der Waals surface area contributed by atoms with E-state index in [1.165, 1.54) is 0 Å². The Morgan fingerprint density at radius 1 is 1.29 bits per heavy atom. The first-order valence-corrected chi connectivity index (χ1v) is 5.59. The maximum Gasteiger partial charge on any atom is 0.223 e. The average molecular weight is 193 g/mol. The highest BCUT2D eigenvalue weighted by Gasteiger charge is 2.59. The monoisotopic (exact) mass is 193 g/mol. The molecule has 0 radical (unpaired) electrons. The van der Waals surface area contributed by atoms with E-state index < -0.39 is 0 Å². The van der Waals surface area contributed by atoms with Crippen LogP contribution in [0.1, 0.15) is 38.5 Å². The predicted octanol–water partition coefficient (Wildman–Crippen LogP) is 1.12. The summed E-state index contributed by atoms with van der Waals surface area (Å²) >= 11 is 0. The topological polar surface area (TPSA) is 37.4 Å². The zero-order valence-corrected chi connectivity index (χ0v) is 8.29. The van der Waals surface area contributed by atoms with E-state index in [9.17, 15) is 9.59 Å². The lowest BCUT2D eigenvalue weighted by molar-refractivity contribution is -0.139. The van der Waals surface area contributed by atoms with Gasteiger partial charge in [-0.1, -0.05) is 0 Å². The molecular weight excluding hydrogens is 178 g/mol. The lowest BCUT2D eigenvalue weighted by atomic mass is 9.71. The second kappa shape index (κ2) is 2.59. The lowest BCUT2D eigenvalue weighted by Gasteiger charge is -2.38. The Hall–Kier alpha value is -0.860. The first kappa shape index (κ1) is 8.45. The zero-order valence-electron chi connectivity index (χ0n) is 8.29. The van der Waals surface area contributed by atoms with Gasteiger partial charge in [0.15, 0.2) is 5.78 Å². The Morgan fingerprint density at radius 3 is 3.00 bits per heavy atom. The van der Waals surface area contributed by atoms with Crippen LogP contribution in [0.3, 0.4) is 0 Å². The predicted molar refractivity (Wildman–Crippen MR) is 50.6 cm³/mol.